The molecule has 3 rings (SSSR count). The van der Waals surface area contributed by atoms with Crippen LogP contribution in [0, 0.1) is 5.82 Å². The lowest BCUT2D eigenvalue weighted by Gasteiger charge is -2.34. The van der Waals surface area contributed by atoms with E-state index in [1.165, 1.54) is 23.1 Å². The Morgan fingerprint density at radius 1 is 1.31 bits per heavy atom. The summed E-state index contributed by atoms with van der Waals surface area (Å²) in [6.45, 7) is 0.907. The molecule has 1 aliphatic rings. The number of para-hydroxylation sites is 1. The Bertz CT molecular complexity index is 894. The first-order chi connectivity index (χ1) is 11.8. The van der Waals surface area contributed by atoms with Crippen LogP contribution in [0.5, 0.6) is 0 Å². The molecule has 0 atom stereocenters. The van der Waals surface area contributed by atoms with Crippen LogP contribution in [-0.4, -0.2) is 48.2 Å². The minimum Gasteiger partial charge on any atom is -0.322 e. The topological polar surface area (TPSA) is 93.1 Å². The maximum absolute atomic E-state index is 13.8. The van der Waals surface area contributed by atoms with Crippen LogP contribution < -0.4 is 10.6 Å². The molecule has 7 nitrogen and oxygen atoms in total. The summed E-state index contributed by atoms with van der Waals surface area (Å²) in [6, 6.07) is 6.10. The highest BCUT2D eigenvalue weighted by Crippen LogP contribution is 2.29. The van der Waals surface area contributed by atoms with Crippen molar-refractivity contribution >= 4 is 33.8 Å². The van der Waals surface area contributed by atoms with Crippen LogP contribution in [0.3, 0.4) is 0 Å². The van der Waals surface area contributed by atoms with E-state index in [0.29, 0.717) is 18.8 Å². The smallest absolute Gasteiger partial charge is 0.246 e. The van der Waals surface area contributed by atoms with Crippen LogP contribution in [0.1, 0.15) is 12.8 Å². The largest absolute Gasteiger partial charge is 0.322 e. The molecule has 2 N–H and O–H groups in total. The average molecular weight is 403 g/mol. The van der Waals surface area contributed by atoms with E-state index in [1.54, 1.807) is 18.2 Å². The van der Waals surface area contributed by atoms with Crippen molar-refractivity contribution in [2.45, 2.75) is 17.6 Å². The highest BCUT2D eigenvalue weighted by molar-refractivity contribution is 7.92. The van der Waals surface area contributed by atoms with E-state index in [9.17, 15) is 17.6 Å². The predicted molar refractivity (Wildman–Crippen MR) is 99.1 cm³/mol. The number of anilines is 1. The van der Waals surface area contributed by atoms with E-state index in [0.717, 1.165) is 6.26 Å². The monoisotopic (exact) mass is 402 g/mol. The molecule has 10 heteroatoms. The lowest BCUT2D eigenvalue weighted by molar-refractivity contribution is -0.119. The molecule has 0 aliphatic carbocycles. The number of hydrogen-bond acceptors (Lipinski definition) is 5. The lowest BCUT2D eigenvalue weighted by Crippen LogP contribution is -2.55. The van der Waals surface area contributed by atoms with Gasteiger partial charge in [0.2, 0.25) is 5.91 Å². The molecule has 0 unspecified atom stereocenters. The minimum absolute atomic E-state index is 0. The maximum atomic E-state index is 13.8. The summed E-state index contributed by atoms with van der Waals surface area (Å²) in [5, 5.41) is 9.71. The van der Waals surface area contributed by atoms with E-state index in [1.807, 2.05) is 0 Å². The van der Waals surface area contributed by atoms with Gasteiger partial charge in [-0.1, -0.05) is 12.1 Å². The summed E-state index contributed by atoms with van der Waals surface area (Å²) >= 11 is 0. The van der Waals surface area contributed by atoms with E-state index in [2.05, 4.69) is 15.7 Å². The molecule has 1 aliphatic heterocycles. The highest BCUT2D eigenvalue weighted by atomic mass is 35.5. The fourth-order valence-corrected chi connectivity index (χ4v) is 4.33. The lowest BCUT2D eigenvalue weighted by atomic mass is 9.96. The third-order valence-electron chi connectivity index (χ3n) is 4.47. The van der Waals surface area contributed by atoms with Gasteiger partial charge in [0, 0.05) is 6.26 Å². The number of nitrogens with one attached hydrogen (secondary N) is 2. The second-order valence-corrected chi connectivity index (χ2v) is 8.42. The molecule has 0 radical (unpaired) electrons. The molecule has 1 aromatic carbocycles. The quantitative estimate of drug-likeness (QED) is 0.809. The number of carbonyl (C=O) groups is 1. The fourth-order valence-electron chi connectivity index (χ4n) is 3.00. The third kappa shape index (κ3) is 3.74. The van der Waals surface area contributed by atoms with Crippen molar-refractivity contribution in [3.8, 4) is 5.69 Å². The van der Waals surface area contributed by atoms with Gasteiger partial charge in [-0.05, 0) is 38.1 Å². The standard InChI is InChI=1S/C16H19FN4O3S.ClH/c1-25(23,24)16(6-8-18-9-7-16)15(22)20-12-10-19-21(11-12)14-5-3-2-4-13(14)17;/h2-5,10-11,18H,6-9H2,1H3,(H,20,22);1H. The van der Waals surface area contributed by atoms with Gasteiger partial charge < -0.3 is 10.6 Å². The minimum atomic E-state index is -3.60. The summed E-state index contributed by atoms with van der Waals surface area (Å²) in [5.41, 5.74) is 0.553. The number of carbonyl (C=O) groups excluding carboxylic acids is 1. The maximum Gasteiger partial charge on any atom is 0.246 e. The van der Waals surface area contributed by atoms with Crippen LogP contribution >= 0.6 is 12.4 Å². The van der Waals surface area contributed by atoms with Gasteiger partial charge in [0.05, 0.1) is 18.1 Å². The van der Waals surface area contributed by atoms with Gasteiger partial charge in [0.15, 0.2) is 14.6 Å². The van der Waals surface area contributed by atoms with Crippen molar-refractivity contribution in [1.29, 1.82) is 0 Å². The molecule has 0 saturated carbocycles. The third-order valence-corrected chi connectivity index (χ3v) is 6.49. The summed E-state index contributed by atoms with van der Waals surface area (Å²) in [7, 11) is -3.60. The number of rotatable bonds is 4. The number of benzene rings is 1. The van der Waals surface area contributed by atoms with E-state index >= 15 is 0 Å². The molecule has 142 valence electrons. The first-order valence-corrected chi connectivity index (χ1v) is 9.74. The van der Waals surface area contributed by atoms with Crippen molar-refractivity contribution in [3.63, 3.8) is 0 Å². The van der Waals surface area contributed by atoms with Crippen LogP contribution in [0.2, 0.25) is 0 Å². The van der Waals surface area contributed by atoms with Gasteiger partial charge in [-0.25, -0.2) is 17.5 Å². The zero-order valence-electron chi connectivity index (χ0n) is 14.1. The van der Waals surface area contributed by atoms with Crippen molar-refractivity contribution in [2.75, 3.05) is 24.7 Å². The van der Waals surface area contributed by atoms with Gasteiger partial charge in [0.1, 0.15) is 11.5 Å². The van der Waals surface area contributed by atoms with Gasteiger partial charge in [-0.15, -0.1) is 12.4 Å². The van der Waals surface area contributed by atoms with Gasteiger partial charge in [-0.2, -0.15) is 5.10 Å². The summed E-state index contributed by atoms with van der Waals surface area (Å²) in [5.74, 6) is -1.03. The summed E-state index contributed by atoms with van der Waals surface area (Å²) in [4.78, 5) is 12.7. The molecule has 0 spiro atoms. The Morgan fingerprint density at radius 2 is 1.96 bits per heavy atom. The van der Waals surface area contributed by atoms with Crippen LogP contribution in [-0.2, 0) is 14.6 Å². The van der Waals surface area contributed by atoms with E-state index in [4.69, 9.17) is 0 Å². The fraction of sp³-hybridized carbons (Fsp3) is 0.375. The van der Waals surface area contributed by atoms with E-state index in [-0.39, 0.29) is 30.9 Å². The molecule has 1 aromatic heterocycles. The molecule has 1 saturated heterocycles. The second-order valence-electron chi connectivity index (χ2n) is 6.10. The number of sulfone groups is 1. The zero-order valence-corrected chi connectivity index (χ0v) is 15.7. The van der Waals surface area contributed by atoms with Crippen LogP contribution in [0.15, 0.2) is 36.7 Å². The molecule has 0 bridgehead atoms. The van der Waals surface area contributed by atoms with Crippen LogP contribution in [0.4, 0.5) is 10.1 Å². The van der Waals surface area contributed by atoms with Crippen molar-refractivity contribution in [2.24, 2.45) is 0 Å². The summed E-state index contributed by atoms with van der Waals surface area (Å²) < 4.78 is 38.2. The molecule has 1 amide bonds. The molecule has 2 aromatic rings. The zero-order chi connectivity index (χ0) is 18.1. The first-order valence-electron chi connectivity index (χ1n) is 7.85. The van der Waals surface area contributed by atoms with Gasteiger partial charge in [0.25, 0.3) is 0 Å². The Morgan fingerprint density at radius 3 is 2.58 bits per heavy atom. The molecule has 1 fully saturated rings. The Labute approximate surface area is 157 Å². The highest BCUT2D eigenvalue weighted by Gasteiger charge is 2.48. The molecular weight excluding hydrogens is 383 g/mol. The number of amides is 1. The second kappa shape index (κ2) is 7.73. The number of nitrogens with zero attached hydrogens (tertiary/aromatic N) is 2. The first kappa shape index (κ1) is 20.3. The van der Waals surface area contributed by atoms with Gasteiger partial charge in [-0.3, -0.25) is 4.79 Å². The number of aromatic nitrogens is 2. The average Bonchev–Trinajstić information content (AvgIpc) is 3.03. The van der Waals surface area contributed by atoms with Crippen LogP contribution in [0.25, 0.3) is 5.69 Å². The number of piperidine rings is 1. The Balaban J connectivity index is 0.00000243. The normalized spacial score (nSPS) is 16.5. The molecule has 2 heterocycles. The number of halogens is 2. The van der Waals surface area contributed by atoms with Crippen molar-refractivity contribution in [3.05, 3.63) is 42.5 Å². The van der Waals surface area contributed by atoms with Crippen molar-refractivity contribution in [1.82, 2.24) is 15.1 Å². The SMILES string of the molecule is CS(=O)(=O)C1(C(=O)Nc2cnn(-c3ccccc3F)c2)CCNCC1.Cl. The Hall–Kier alpha value is -1.97. The molecular formula is C16H20ClFN4O3S. The summed E-state index contributed by atoms with van der Waals surface area (Å²) in [6.07, 6.45) is 4.31. The Kier molecular flexibility index (Phi) is 6.05. The van der Waals surface area contributed by atoms with Gasteiger partial charge >= 0.3 is 0 Å². The molecule has 26 heavy (non-hydrogen) atoms. The van der Waals surface area contributed by atoms with Crippen molar-refractivity contribution < 1.29 is 17.6 Å². The van der Waals surface area contributed by atoms with E-state index < -0.39 is 26.3 Å². The number of hydrogen-bond donors (Lipinski definition) is 2. The predicted octanol–water partition coefficient (Wildman–Crippen LogP) is 1.54.